The smallest absolute Gasteiger partial charge is 0.337 e. The van der Waals surface area contributed by atoms with Crippen molar-refractivity contribution in [3.8, 4) is 0 Å². The third-order valence-corrected chi connectivity index (χ3v) is 2.49. The Kier molecular flexibility index (Phi) is 3.31. The van der Waals surface area contributed by atoms with Crippen molar-refractivity contribution in [3.05, 3.63) is 33.4 Å². The number of rotatable bonds is 3. The van der Waals surface area contributed by atoms with Crippen molar-refractivity contribution in [1.82, 2.24) is 0 Å². The predicted octanol–water partition coefficient (Wildman–Crippen LogP) is 0.681. The second-order valence-electron chi connectivity index (χ2n) is 3.95. The van der Waals surface area contributed by atoms with Crippen LogP contribution in [0.4, 0.5) is 0 Å². The fraction of sp³-hybridized carbons (Fsp3) is 0.300. The number of hydrogen-bond donors (Lipinski definition) is 2. The average Bonchev–Trinajstić information content (AvgIpc) is 2.20. The van der Waals surface area contributed by atoms with Crippen molar-refractivity contribution in [3.63, 3.8) is 0 Å². The first-order valence-corrected chi connectivity index (χ1v) is 4.80. The van der Waals surface area contributed by atoms with E-state index in [1.54, 1.807) is 0 Å². The quantitative estimate of drug-likeness (QED) is 0.562. The van der Waals surface area contributed by atoms with Crippen LogP contribution < -0.4 is 0 Å². The molecule has 2 N–H and O–H groups in total. The first-order chi connectivity index (χ1) is 8.18. The molecule has 0 aromatic heterocycles. The van der Waals surface area contributed by atoms with E-state index >= 15 is 0 Å². The van der Waals surface area contributed by atoms with Crippen molar-refractivity contribution < 1.29 is 24.8 Å². The van der Waals surface area contributed by atoms with Gasteiger partial charge in [-0.2, -0.15) is 0 Å². The Labute approximate surface area is 101 Å². The average molecular weight is 254 g/mol. The van der Waals surface area contributed by atoms with E-state index in [0.717, 1.165) is 13.0 Å². The van der Waals surface area contributed by atoms with Crippen molar-refractivity contribution in [2.24, 2.45) is 10.5 Å². The van der Waals surface area contributed by atoms with Gasteiger partial charge < -0.3 is 10.2 Å². The maximum Gasteiger partial charge on any atom is 0.337 e. The fourth-order valence-electron chi connectivity index (χ4n) is 1.71. The predicted molar refractivity (Wildman–Crippen MR) is 59.6 cm³/mol. The summed E-state index contributed by atoms with van der Waals surface area (Å²) >= 11 is 0. The zero-order chi connectivity index (χ0) is 14.1. The van der Waals surface area contributed by atoms with Crippen molar-refractivity contribution >= 4 is 17.7 Å². The standard InChI is InChI=1S/C10H10N2O6/c1-5-3-6(8(13)14)7(11-12(17)18)10(2,4-5)9(15)16/h3-4H,1-2H3,(H,13,14)(H,15,16). The van der Waals surface area contributed by atoms with Crippen LogP contribution in [0.3, 0.4) is 0 Å². The molecule has 0 aromatic rings. The van der Waals surface area contributed by atoms with E-state index in [4.69, 9.17) is 10.2 Å². The van der Waals surface area contributed by atoms with E-state index in [1.807, 2.05) is 0 Å². The molecular formula is C10H10N2O6. The first kappa shape index (κ1) is 13.6. The molecule has 0 saturated carbocycles. The van der Waals surface area contributed by atoms with Crippen molar-refractivity contribution in [2.45, 2.75) is 13.8 Å². The molecule has 8 heteroatoms. The summed E-state index contributed by atoms with van der Waals surface area (Å²) in [6, 6.07) is 0. The Balaban J connectivity index is 3.55. The summed E-state index contributed by atoms with van der Waals surface area (Å²) in [5.74, 6) is -2.87. The molecule has 0 fully saturated rings. The molecule has 1 aliphatic rings. The molecule has 0 aromatic carbocycles. The molecule has 0 bridgehead atoms. The van der Waals surface area contributed by atoms with Gasteiger partial charge in [-0.1, -0.05) is 11.6 Å². The normalized spacial score (nSPS) is 25.3. The number of nitrogens with zero attached hydrogens (tertiary/aromatic N) is 2. The van der Waals surface area contributed by atoms with Crippen LogP contribution in [0, 0.1) is 15.5 Å². The number of allylic oxidation sites excluding steroid dienone is 2. The molecule has 0 radical (unpaired) electrons. The molecule has 18 heavy (non-hydrogen) atoms. The first-order valence-electron chi connectivity index (χ1n) is 4.80. The van der Waals surface area contributed by atoms with Crippen LogP contribution in [0.15, 0.2) is 28.4 Å². The summed E-state index contributed by atoms with van der Waals surface area (Å²) < 4.78 is 0. The second kappa shape index (κ2) is 4.40. The van der Waals surface area contributed by atoms with Crippen molar-refractivity contribution in [1.29, 1.82) is 0 Å². The van der Waals surface area contributed by atoms with Gasteiger partial charge in [0.05, 0.1) is 10.7 Å². The van der Waals surface area contributed by atoms with E-state index in [2.05, 4.69) is 5.10 Å². The van der Waals surface area contributed by atoms with Crippen LogP contribution in [-0.4, -0.2) is 32.9 Å². The number of hydrazone groups is 1. The Morgan fingerprint density at radius 1 is 1.44 bits per heavy atom. The van der Waals surface area contributed by atoms with Gasteiger partial charge in [-0.05, 0) is 19.9 Å². The minimum atomic E-state index is -1.83. The molecule has 0 amide bonds. The number of nitro groups is 1. The Hall–Kier alpha value is -2.51. The molecule has 96 valence electrons. The Morgan fingerprint density at radius 3 is 2.39 bits per heavy atom. The lowest BCUT2D eigenvalue weighted by Crippen LogP contribution is -2.40. The van der Waals surface area contributed by atoms with Crippen LogP contribution in [0.1, 0.15) is 13.8 Å². The lowest BCUT2D eigenvalue weighted by molar-refractivity contribution is -0.485. The van der Waals surface area contributed by atoms with Crippen molar-refractivity contribution in [2.75, 3.05) is 0 Å². The summed E-state index contributed by atoms with van der Waals surface area (Å²) in [4.78, 5) is 32.6. The zero-order valence-electron chi connectivity index (χ0n) is 9.58. The lowest BCUT2D eigenvalue weighted by atomic mass is 9.76. The fourth-order valence-corrected chi connectivity index (χ4v) is 1.71. The minimum Gasteiger partial charge on any atom is -0.480 e. The number of carbonyl (C=O) groups is 2. The molecule has 1 rings (SSSR count). The van der Waals surface area contributed by atoms with Gasteiger partial charge in [-0.25, -0.2) is 14.9 Å². The summed E-state index contributed by atoms with van der Waals surface area (Å²) in [7, 11) is 0. The van der Waals surface area contributed by atoms with E-state index in [9.17, 15) is 19.7 Å². The van der Waals surface area contributed by atoms with Gasteiger partial charge in [0.2, 0.25) is 0 Å². The Bertz CT molecular complexity index is 530. The summed E-state index contributed by atoms with van der Waals surface area (Å²) in [6.07, 6.45) is 2.37. The summed E-state index contributed by atoms with van der Waals surface area (Å²) in [5.41, 5.74) is -2.53. The van der Waals surface area contributed by atoms with E-state index in [1.165, 1.54) is 13.0 Å². The molecule has 0 saturated heterocycles. The van der Waals surface area contributed by atoms with Crippen LogP contribution >= 0.6 is 0 Å². The van der Waals surface area contributed by atoms with Crippen LogP contribution in [0.2, 0.25) is 0 Å². The monoisotopic (exact) mass is 254 g/mol. The molecule has 1 atom stereocenters. The maximum absolute atomic E-state index is 11.2. The molecule has 8 nitrogen and oxygen atoms in total. The highest BCUT2D eigenvalue weighted by atomic mass is 16.7. The third-order valence-electron chi connectivity index (χ3n) is 2.49. The number of carboxylic acid groups (broad SMARTS) is 2. The van der Waals surface area contributed by atoms with Gasteiger partial charge in [0.1, 0.15) is 11.1 Å². The Morgan fingerprint density at radius 2 is 2.00 bits per heavy atom. The number of aliphatic carboxylic acids is 2. The highest BCUT2D eigenvalue weighted by Crippen LogP contribution is 2.32. The van der Waals surface area contributed by atoms with E-state index in [0.29, 0.717) is 5.57 Å². The molecular weight excluding hydrogens is 244 g/mol. The minimum absolute atomic E-state index is 0.389. The van der Waals surface area contributed by atoms with Crippen LogP contribution in [0.5, 0.6) is 0 Å². The topological polar surface area (TPSA) is 130 Å². The van der Waals surface area contributed by atoms with Gasteiger partial charge in [0.15, 0.2) is 5.03 Å². The largest absolute Gasteiger partial charge is 0.480 e. The summed E-state index contributed by atoms with van der Waals surface area (Å²) in [5, 5.41) is 30.3. The van der Waals surface area contributed by atoms with Gasteiger partial charge in [-0.3, -0.25) is 4.79 Å². The molecule has 0 aliphatic heterocycles. The molecule has 1 aliphatic carbocycles. The molecule has 0 heterocycles. The van der Waals surface area contributed by atoms with Crippen LogP contribution in [0.25, 0.3) is 0 Å². The lowest BCUT2D eigenvalue weighted by Gasteiger charge is -2.25. The van der Waals surface area contributed by atoms with Gasteiger partial charge in [0, 0.05) is 0 Å². The van der Waals surface area contributed by atoms with Gasteiger partial charge in [0.25, 0.3) is 0 Å². The number of hydrogen-bond acceptors (Lipinski definition) is 4. The highest BCUT2D eigenvalue weighted by Gasteiger charge is 2.45. The SMILES string of the molecule is CC1=CC(C)(C(=O)O)C(=N[N+](=O)[O-])C(C(=O)O)=C1. The second-order valence-corrected chi connectivity index (χ2v) is 3.95. The van der Waals surface area contributed by atoms with Crippen LogP contribution in [-0.2, 0) is 9.59 Å². The molecule has 1 unspecified atom stereocenters. The zero-order valence-corrected chi connectivity index (χ0v) is 9.58. The maximum atomic E-state index is 11.2. The highest BCUT2D eigenvalue weighted by molar-refractivity contribution is 6.28. The van der Waals surface area contributed by atoms with E-state index < -0.39 is 33.7 Å². The summed E-state index contributed by atoms with van der Waals surface area (Å²) in [6.45, 7) is 2.67. The third kappa shape index (κ3) is 2.26. The van der Waals surface area contributed by atoms with Gasteiger partial charge >= 0.3 is 11.9 Å². The van der Waals surface area contributed by atoms with Gasteiger partial charge in [-0.15, -0.1) is 0 Å². The molecule has 0 spiro atoms. The van der Waals surface area contributed by atoms with E-state index in [-0.39, 0.29) is 0 Å². The number of carboxylic acids is 2.